The van der Waals surface area contributed by atoms with Gasteiger partial charge >= 0.3 is 0 Å². The number of nitrogens with zero attached hydrogens (tertiary/aromatic N) is 2. The molecule has 0 aromatic heterocycles. The Hall–Kier alpha value is -3.06. The van der Waals surface area contributed by atoms with Gasteiger partial charge in [0.05, 0.1) is 19.8 Å². The molecule has 1 N–H and O–H groups in total. The lowest BCUT2D eigenvalue weighted by atomic mass is 9.98. The summed E-state index contributed by atoms with van der Waals surface area (Å²) in [6.45, 7) is 9.35. The summed E-state index contributed by atoms with van der Waals surface area (Å²) in [6.07, 6.45) is 0. The third-order valence-corrected chi connectivity index (χ3v) is 5.56. The summed E-state index contributed by atoms with van der Waals surface area (Å²) in [7, 11) is 1.60. The Morgan fingerprint density at radius 3 is 2.44 bits per heavy atom. The van der Waals surface area contributed by atoms with Gasteiger partial charge < -0.3 is 24.6 Å². The second kappa shape index (κ2) is 11.0. The van der Waals surface area contributed by atoms with E-state index in [1.165, 1.54) is 10.5 Å². The molecule has 1 heterocycles. The van der Waals surface area contributed by atoms with Crippen molar-refractivity contribution in [3.8, 4) is 5.75 Å². The van der Waals surface area contributed by atoms with Crippen LogP contribution in [0.1, 0.15) is 30.9 Å². The predicted octanol–water partition coefficient (Wildman–Crippen LogP) is 3.43. The van der Waals surface area contributed by atoms with E-state index in [2.05, 4.69) is 24.1 Å². The Morgan fingerprint density at radius 1 is 1.12 bits per heavy atom. The van der Waals surface area contributed by atoms with Gasteiger partial charge in [0.2, 0.25) is 5.91 Å². The highest BCUT2D eigenvalue weighted by molar-refractivity contribution is 5.94. The van der Waals surface area contributed by atoms with Crippen LogP contribution in [0, 0.1) is 6.92 Å². The molecule has 0 spiro atoms. The maximum absolute atomic E-state index is 12.4. The average Bonchev–Trinajstić information content (AvgIpc) is 2.78. The first-order valence-corrected chi connectivity index (χ1v) is 11.0. The summed E-state index contributed by atoms with van der Waals surface area (Å²) < 4.78 is 11.0. The van der Waals surface area contributed by atoms with E-state index in [9.17, 15) is 9.59 Å². The van der Waals surface area contributed by atoms with Gasteiger partial charge in [-0.3, -0.25) is 9.59 Å². The standard InChI is InChI=1S/C25H33N3O4/c1-18(2)23-10-9-22(15-19(23)3)32-17-25(30)27(4)16-24(29)26-20-5-7-21(8-6-20)28-11-13-31-14-12-28/h5-10,15,18H,11-14,16-17H2,1-4H3,(H,26,29). The monoisotopic (exact) mass is 439 g/mol. The molecule has 2 aromatic carbocycles. The van der Waals surface area contributed by atoms with Gasteiger partial charge in [0.25, 0.3) is 5.91 Å². The highest BCUT2D eigenvalue weighted by atomic mass is 16.5. The van der Waals surface area contributed by atoms with Crippen LogP contribution in [0.5, 0.6) is 5.75 Å². The molecule has 1 aliphatic heterocycles. The molecule has 7 heteroatoms. The lowest BCUT2D eigenvalue weighted by Crippen LogP contribution is -2.37. The molecule has 0 radical (unpaired) electrons. The topological polar surface area (TPSA) is 71.1 Å². The molecule has 0 atom stereocenters. The van der Waals surface area contributed by atoms with Crippen LogP contribution in [0.3, 0.4) is 0 Å². The van der Waals surface area contributed by atoms with E-state index in [-0.39, 0.29) is 25.0 Å². The summed E-state index contributed by atoms with van der Waals surface area (Å²) in [5, 5.41) is 2.84. The number of morpholine rings is 1. The first kappa shape index (κ1) is 23.6. The van der Waals surface area contributed by atoms with Crippen LogP contribution in [0.4, 0.5) is 11.4 Å². The molecule has 3 rings (SSSR count). The molecular weight excluding hydrogens is 406 g/mol. The Morgan fingerprint density at radius 2 is 1.81 bits per heavy atom. The molecule has 32 heavy (non-hydrogen) atoms. The number of hydrogen-bond donors (Lipinski definition) is 1. The summed E-state index contributed by atoms with van der Waals surface area (Å²) in [4.78, 5) is 28.4. The van der Waals surface area contributed by atoms with E-state index in [1.54, 1.807) is 7.05 Å². The number of aryl methyl sites for hydroxylation is 1. The molecule has 1 aliphatic rings. The molecule has 1 saturated heterocycles. The first-order chi connectivity index (χ1) is 15.3. The number of hydrogen-bond acceptors (Lipinski definition) is 5. The lowest BCUT2D eigenvalue weighted by Gasteiger charge is -2.28. The average molecular weight is 440 g/mol. The number of benzene rings is 2. The molecule has 2 amide bonds. The van der Waals surface area contributed by atoms with E-state index < -0.39 is 0 Å². The van der Waals surface area contributed by atoms with Gasteiger partial charge in [0.1, 0.15) is 5.75 Å². The zero-order valence-corrected chi connectivity index (χ0v) is 19.4. The quantitative estimate of drug-likeness (QED) is 0.682. The van der Waals surface area contributed by atoms with Crippen molar-refractivity contribution in [3.63, 3.8) is 0 Å². The van der Waals surface area contributed by atoms with Gasteiger partial charge in [-0.2, -0.15) is 0 Å². The number of anilines is 2. The van der Waals surface area contributed by atoms with Crippen molar-refractivity contribution in [3.05, 3.63) is 53.6 Å². The van der Waals surface area contributed by atoms with Crippen LogP contribution >= 0.6 is 0 Å². The number of rotatable bonds is 8. The second-order valence-corrected chi connectivity index (χ2v) is 8.41. The zero-order chi connectivity index (χ0) is 23.1. The van der Waals surface area contributed by atoms with Crippen LogP contribution in [0.2, 0.25) is 0 Å². The molecule has 7 nitrogen and oxygen atoms in total. The van der Waals surface area contributed by atoms with Crippen LogP contribution < -0.4 is 15.0 Å². The maximum Gasteiger partial charge on any atom is 0.260 e. The summed E-state index contributed by atoms with van der Waals surface area (Å²) in [5.41, 5.74) is 4.20. The first-order valence-electron chi connectivity index (χ1n) is 11.0. The van der Waals surface area contributed by atoms with Gasteiger partial charge in [-0.15, -0.1) is 0 Å². The van der Waals surface area contributed by atoms with Gasteiger partial charge in [-0.1, -0.05) is 19.9 Å². The Bertz CT molecular complexity index is 921. The number of carbonyl (C=O) groups excluding carboxylic acids is 2. The molecular formula is C25H33N3O4. The van der Waals surface area contributed by atoms with E-state index in [1.807, 2.05) is 49.4 Å². The maximum atomic E-state index is 12.4. The normalized spacial score (nSPS) is 13.7. The largest absolute Gasteiger partial charge is 0.484 e. The lowest BCUT2D eigenvalue weighted by molar-refractivity contribution is -0.135. The highest BCUT2D eigenvalue weighted by Crippen LogP contribution is 2.23. The molecule has 0 unspecified atom stereocenters. The Balaban J connectivity index is 1.45. The minimum absolute atomic E-state index is 0.0429. The van der Waals surface area contributed by atoms with Gasteiger partial charge in [-0.05, 0) is 60.4 Å². The molecule has 0 bridgehead atoms. The fourth-order valence-electron chi connectivity index (χ4n) is 3.72. The number of amides is 2. The fourth-order valence-corrected chi connectivity index (χ4v) is 3.72. The third kappa shape index (κ3) is 6.47. The molecule has 172 valence electrons. The van der Waals surface area contributed by atoms with E-state index in [4.69, 9.17) is 9.47 Å². The van der Waals surface area contributed by atoms with Crippen molar-refractivity contribution in [2.45, 2.75) is 26.7 Å². The second-order valence-electron chi connectivity index (χ2n) is 8.41. The number of nitrogens with one attached hydrogen (secondary N) is 1. The zero-order valence-electron chi connectivity index (χ0n) is 19.4. The fraction of sp³-hybridized carbons (Fsp3) is 0.440. The Labute approximate surface area is 190 Å². The predicted molar refractivity (Wildman–Crippen MR) is 127 cm³/mol. The molecule has 0 aliphatic carbocycles. The number of ether oxygens (including phenoxy) is 2. The van der Waals surface area contributed by atoms with Crippen molar-refractivity contribution in [1.29, 1.82) is 0 Å². The minimum atomic E-state index is -0.256. The van der Waals surface area contributed by atoms with E-state index in [0.717, 1.165) is 37.6 Å². The van der Waals surface area contributed by atoms with Crippen molar-refractivity contribution in [1.82, 2.24) is 4.90 Å². The summed E-state index contributed by atoms with van der Waals surface area (Å²) in [6, 6.07) is 13.6. The molecule has 1 fully saturated rings. The van der Waals surface area contributed by atoms with Crippen LogP contribution in [-0.2, 0) is 14.3 Å². The van der Waals surface area contributed by atoms with Gasteiger partial charge in [0.15, 0.2) is 6.61 Å². The van der Waals surface area contributed by atoms with Crippen molar-refractivity contribution in [2.75, 3.05) is 56.7 Å². The van der Waals surface area contributed by atoms with Gasteiger partial charge in [0, 0.05) is 31.5 Å². The van der Waals surface area contributed by atoms with Crippen molar-refractivity contribution in [2.24, 2.45) is 0 Å². The summed E-state index contributed by atoms with van der Waals surface area (Å²) >= 11 is 0. The van der Waals surface area contributed by atoms with Gasteiger partial charge in [-0.25, -0.2) is 0 Å². The third-order valence-electron chi connectivity index (χ3n) is 5.56. The van der Waals surface area contributed by atoms with E-state index >= 15 is 0 Å². The molecule has 2 aromatic rings. The number of likely N-dealkylation sites (N-methyl/N-ethyl adjacent to an activating group) is 1. The van der Waals surface area contributed by atoms with Crippen molar-refractivity contribution >= 4 is 23.2 Å². The van der Waals surface area contributed by atoms with Crippen LogP contribution in [-0.4, -0.2) is 63.2 Å². The van der Waals surface area contributed by atoms with Crippen molar-refractivity contribution < 1.29 is 19.1 Å². The number of carbonyl (C=O) groups is 2. The van der Waals surface area contributed by atoms with Crippen LogP contribution in [0.25, 0.3) is 0 Å². The minimum Gasteiger partial charge on any atom is -0.484 e. The van der Waals surface area contributed by atoms with Crippen LogP contribution in [0.15, 0.2) is 42.5 Å². The smallest absolute Gasteiger partial charge is 0.260 e. The highest BCUT2D eigenvalue weighted by Gasteiger charge is 2.15. The Kier molecular flexibility index (Phi) is 8.11. The molecule has 0 saturated carbocycles. The SMILES string of the molecule is Cc1cc(OCC(=O)N(C)CC(=O)Nc2ccc(N3CCOCC3)cc2)ccc1C(C)C. The summed E-state index contributed by atoms with van der Waals surface area (Å²) in [5.74, 6) is 0.579. The van der Waals surface area contributed by atoms with E-state index in [0.29, 0.717) is 17.4 Å².